The number of aromatic nitrogens is 2. The van der Waals surface area contributed by atoms with Gasteiger partial charge in [0, 0.05) is 0 Å². The number of aliphatic hydroxyl groups excluding tert-OH is 1. The van der Waals surface area contributed by atoms with Gasteiger partial charge in [-0.3, -0.25) is 4.98 Å². The Hall–Kier alpha value is -1.16. The van der Waals surface area contributed by atoms with Crippen LogP contribution in [0.4, 0.5) is 0 Å². The van der Waals surface area contributed by atoms with E-state index in [1.165, 1.54) is 0 Å². The fraction of sp³-hybridized carbons (Fsp3) is 0.714. The number of hydrogen-bond donors (Lipinski definition) is 1. The van der Waals surface area contributed by atoms with E-state index in [4.69, 9.17) is 9.84 Å². The number of nitrogens with zero attached hydrogens (tertiary/aromatic N) is 2. The van der Waals surface area contributed by atoms with Crippen LogP contribution in [0.5, 0.6) is 5.88 Å². The fourth-order valence-corrected chi connectivity index (χ4v) is 1.87. The summed E-state index contributed by atoms with van der Waals surface area (Å²) in [4.78, 5) is 9.24. The third-order valence-electron chi connectivity index (χ3n) is 2.69. The second kappa shape index (κ2) is 7.31. The molecule has 102 valence electrons. The summed E-state index contributed by atoms with van der Waals surface area (Å²) in [5.41, 5.74) is 2.97. The maximum Gasteiger partial charge on any atom is 0.235 e. The average molecular weight is 252 g/mol. The van der Waals surface area contributed by atoms with Crippen LogP contribution in [0.25, 0.3) is 0 Å². The van der Waals surface area contributed by atoms with Crippen LogP contribution < -0.4 is 4.74 Å². The van der Waals surface area contributed by atoms with E-state index in [2.05, 4.69) is 37.7 Å². The van der Waals surface area contributed by atoms with E-state index in [0.29, 0.717) is 11.8 Å². The molecule has 0 spiro atoms. The summed E-state index contributed by atoms with van der Waals surface area (Å²) < 4.78 is 5.51. The molecule has 1 N–H and O–H groups in total. The quantitative estimate of drug-likeness (QED) is 0.808. The third-order valence-corrected chi connectivity index (χ3v) is 2.69. The zero-order valence-electron chi connectivity index (χ0n) is 11.9. The van der Waals surface area contributed by atoms with E-state index in [1.807, 2.05) is 0 Å². The zero-order chi connectivity index (χ0) is 13.5. The van der Waals surface area contributed by atoms with Crippen molar-refractivity contribution in [2.24, 2.45) is 5.92 Å². The van der Waals surface area contributed by atoms with Gasteiger partial charge in [-0.25, -0.2) is 4.98 Å². The topological polar surface area (TPSA) is 55.2 Å². The van der Waals surface area contributed by atoms with Crippen molar-refractivity contribution >= 4 is 0 Å². The van der Waals surface area contributed by atoms with Crippen molar-refractivity contribution in [3.63, 3.8) is 0 Å². The van der Waals surface area contributed by atoms with Gasteiger partial charge in [0.05, 0.1) is 18.0 Å². The number of hydrogen-bond acceptors (Lipinski definition) is 4. The van der Waals surface area contributed by atoms with Gasteiger partial charge in [-0.15, -0.1) is 0 Å². The minimum atomic E-state index is -0.000212. The lowest BCUT2D eigenvalue weighted by Crippen LogP contribution is -2.12. The average Bonchev–Trinajstić information content (AvgIpc) is 2.36. The highest BCUT2D eigenvalue weighted by Gasteiger charge is 2.14. The summed E-state index contributed by atoms with van der Waals surface area (Å²) in [6, 6.07) is 0. The van der Waals surface area contributed by atoms with Gasteiger partial charge in [0.25, 0.3) is 0 Å². The van der Waals surface area contributed by atoms with Crippen LogP contribution in [0.15, 0.2) is 0 Å². The molecule has 0 aromatic carbocycles. The molecule has 0 amide bonds. The molecule has 0 bridgehead atoms. The number of aliphatic hydroxyl groups is 1. The van der Waals surface area contributed by atoms with Crippen LogP contribution in [-0.4, -0.2) is 28.3 Å². The molecule has 4 heteroatoms. The van der Waals surface area contributed by atoms with Gasteiger partial charge in [-0.2, -0.15) is 0 Å². The molecule has 0 saturated heterocycles. The van der Waals surface area contributed by atoms with Crippen molar-refractivity contribution < 1.29 is 9.84 Å². The van der Waals surface area contributed by atoms with Crippen molar-refractivity contribution in [3.05, 3.63) is 17.1 Å². The lowest BCUT2D eigenvalue weighted by Gasteiger charge is -2.14. The number of aryl methyl sites for hydroxylation is 2. The van der Waals surface area contributed by atoms with Crippen LogP contribution in [0, 0.1) is 5.92 Å². The highest BCUT2D eigenvalue weighted by atomic mass is 16.5. The first kappa shape index (κ1) is 14.9. The van der Waals surface area contributed by atoms with Crippen LogP contribution >= 0.6 is 0 Å². The molecule has 18 heavy (non-hydrogen) atoms. The van der Waals surface area contributed by atoms with E-state index < -0.39 is 0 Å². The Morgan fingerprint density at radius 2 is 1.67 bits per heavy atom. The predicted octanol–water partition coefficient (Wildman–Crippen LogP) is 2.17. The maximum atomic E-state index is 8.85. The van der Waals surface area contributed by atoms with E-state index in [1.54, 1.807) is 0 Å². The zero-order valence-corrected chi connectivity index (χ0v) is 11.9. The summed E-state index contributed by atoms with van der Waals surface area (Å²) in [5.74, 6) is 1.10. The molecule has 0 atom stereocenters. The molecular formula is C14H24N2O2. The molecule has 0 saturated carbocycles. The minimum Gasteiger partial charge on any atom is -0.474 e. The van der Waals surface area contributed by atoms with Crippen molar-refractivity contribution in [1.82, 2.24) is 9.97 Å². The fourth-order valence-electron chi connectivity index (χ4n) is 1.87. The summed E-state index contributed by atoms with van der Waals surface area (Å²) in [6.07, 6.45) is 2.60. The first-order chi connectivity index (χ1) is 8.62. The van der Waals surface area contributed by atoms with Gasteiger partial charge in [0.15, 0.2) is 0 Å². The van der Waals surface area contributed by atoms with Gasteiger partial charge in [0.1, 0.15) is 12.3 Å². The SMILES string of the molecule is CCc1nc(CC(C)C)c(OCCO)nc1CC. The summed E-state index contributed by atoms with van der Waals surface area (Å²) in [5, 5.41) is 8.85. The Morgan fingerprint density at radius 3 is 2.17 bits per heavy atom. The Kier molecular flexibility index (Phi) is 6.05. The summed E-state index contributed by atoms with van der Waals surface area (Å²) >= 11 is 0. The molecule has 0 fully saturated rings. The molecule has 0 aliphatic carbocycles. The van der Waals surface area contributed by atoms with E-state index >= 15 is 0 Å². The van der Waals surface area contributed by atoms with Crippen LogP contribution in [0.3, 0.4) is 0 Å². The smallest absolute Gasteiger partial charge is 0.235 e. The van der Waals surface area contributed by atoms with Crippen molar-refractivity contribution in [2.75, 3.05) is 13.2 Å². The van der Waals surface area contributed by atoms with E-state index in [0.717, 1.165) is 36.3 Å². The highest BCUT2D eigenvalue weighted by molar-refractivity contribution is 5.26. The first-order valence-corrected chi connectivity index (χ1v) is 6.74. The summed E-state index contributed by atoms with van der Waals surface area (Å²) in [7, 11) is 0. The second-order valence-electron chi connectivity index (χ2n) is 4.75. The molecule has 1 heterocycles. The molecule has 0 aliphatic rings. The van der Waals surface area contributed by atoms with Crippen molar-refractivity contribution in [1.29, 1.82) is 0 Å². The van der Waals surface area contributed by atoms with Gasteiger partial charge in [-0.05, 0) is 25.2 Å². The van der Waals surface area contributed by atoms with Crippen molar-refractivity contribution in [2.45, 2.75) is 47.0 Å². The first-order valence-electron chi connectivity index (χ1n) is 6.74. The third kappa shape index (κ3) is 3.95. The van der Waals surface area contributed by atoms with Crippen LogP contribution in [-0.2, 0) is 19.3 Å². The van der Waals surface area contributed by atoms with Gasteiger partial charge < -0.3 is 9.84 Å². The van der Waals surface area contributed by atoms with Crippen molar-refractivity contribution in [3.8, 4) is 5.88 Å². The van der Waals surface area contributed by atoms with E-state index in [-0.39, 0.29) is 13.2 Å². The molecule has 0 aliphatic heterocycles. The molecule has 1 aromatic rings. The molecule has 1 aromatic heterocycles. The molecule has 0 unspecified atom stereocenters. The largest absolute Gasteiger partial charge is 0.474 e. The maximum absolute atomic E-state index is 8.85. The molecular weight excluding hydrogens is 228 g/mol. The lowest BCUT2D eigenvalue weighted by molar-refractivity contribution is 0.194. The van der Waals surface area contributed by atoms with Gasteiger partial charge in [0.2, 0.25) is 5.88 Å². The Balaban J connectivity index is 3.09. The monoisotopic (exact) mass is 252 g/mol. The normalized spacial score (nSPS) is 11.0. The van der Waals surface area contributed by atoms with E-state index in [9.17, 15) is 0 Å². The standard InChI is InChI=1S/C14H24N2O2/c1-5-11-12(6-2)16-14(18-8-7-17)13(15-11)9-10(3)4/h10,17H,5-9H2,1-4H3. The lowest BCUT2D eigenvalue weighted by atomic mass is 10.1. The Labute approximate surface area is 109 Å². The molecule has 0 radical (unpaired) electrons. The number of rotatable bonds is 7. The Morgan fingerprint density at radius 1 is 1.06 bits per heavy atom. The molecule has 1 rings (SSSR count). The van der Waals surface area contributed by atoms with Gasteiger partial charge >= 0.3 is 0 Å². The van der Waals surface area contributed by atoms with Gasteiger partial charge in [-0.1, -0.05) is 27.7 Å². The van der Waals surface area contributed by atoms with Crippen LogP contribution in [0.1, 0.15) is 44.8 Å². The van der Waals surface area contributed by atoms with Crippen LogP contribution in [0.2, 0.25) is 0 Å². The second-order valence-corrected chi connectivity index (χ2v) is 4.75. The molecule has 4 nitrogen and oxygen atoms in total. The Bertz CT molecular complexity index is 378. The number of ether oxygens (including phenoxy) is 1. The predicted molar refractivity (Wildman–Crippen MR) is 71.9 cm³/mol. The highest BCUT2D eigenvalue weighted by Crippen LogP contribution is 2.20. The minimum absolute atomic E-state index is 0.000212. The summed E-state index contributed by atoms with van der Waals surface area (Å²) in [6.45, 7) is 8.74.